The van der Waals surface area contributed by atoms with E-state index in [9.17, 15) is 9.59 Å². The van der Waals surface area contributed by atoms with Crippen LogP contribution in [0.25, 0.3) is 0 Å². The molecule has 2 heterocycles. The molecule has 1 aliphatic rings. The molecule has 0 spiro atoms. The lowest BCUT2D eigenvalue weighted by Gasteiger charge is -2.27. The third kappa shape index (κ3) is 4.92. The van der Waals surface area contributed by atoms with Crippen LogP contribution in [0.1, 0.15) is 21.2 Å². The summed E-state index contributed by atoms with van der Waals surface area (Å²) in [4.78, 5) is 29.0. The highest BCUT2D eigenvalue weighted by molar-refractivity contribution is 8.00. The first-order valence-electron chi connectivity index (χ1n) is 9.74. The van der Waals surface area contributed by atoms with Crippen molar-refractivity contribution in [3.63, 3.8) is 0 Å². The Kier molecular flexibility index (Phi) is 6.84. The van der Waals surface area contributed by atoms with E-state index in [1.54, 1.807) is 11.0 Å². The summed E-state index contributed by atoms with van der Waals surface area (Å²) < 4.78 is 5.34. The van der Waals surface area contributed by atoms with Gasteiger partial charge >= 0.3 is 0 Å². The maximum atomic E-state index is 13.3. The molecule has 1 aromatic heterocycles. The smallest absolute Gasteiger partial charge is 0.257 e. The van der Waals surface area contributed by atoms with Crippen LogP contribution in [0.3, 0.4) is 0 Å². The molecule has 30 heavy (non-hydrogen) atoms. The number of carbonyl (C=O) groups is 2. The van der Waals surface area contributed by atoms with E-state index >= 15 is 0 Å². The van der Waals surface area contributed by atoms with Crippen LogP contribution in [-0.2, 0) is 9.53 Å². The van der Waals surface area contributed by atoms with Gasteiger partial charge in [-0.25, -0.2) is 0 Å². The highest BCUT2D eigenvalue weighted by atomic mass is 32.2. The largest absolute Gasteiger partial charge is 0.378 e. The van der Waals surface area contributed by atoms with E-state index < -0.39 is 5.25 Å². The molecule has 0 aliphatic carbocycles. The third-order valence-electron chi connectivity index (χ3n) is 4.77. The minimum Gasteiger partial charge on any atom is -0.378 e. The van der Waals surface area contributed by atoms with Crippen LogP contribution in [0.5, 0.6) is 0 Å². The zero-order chi connectivity index (χ0) is 20.8. The number of thioether (sulfide) groups is 1. The first kappa shape index (κ1) is 20.7. The van der Waals surface area contributed by atoms with Crippen molar-refractivity contribution in [2.24, 2.45) is 0 Å². The molecule has 1 saturated heterocycles. The van der Waals surface area contributed by atoms with Crippen LogP contribution in [0, 0.1) is 0 Å². The average Bonchev–Trinajstić information content (AvgIpc) is 3.26. The van der Waals surface area contributed by atoms with Gasteiger partial charge in [0.15, 0.2) is 0 Å². The van der Waals surface area contributed by atoms with Crippen molar-refractivity contribution in [3.8, 4) is 0 Å². The number of thiophene rings is 1. The maximum absolute atomic E-state index is 13.3. The van der Waals surface area contributed by atoms with Crippen LogP contribution in [-0.4, -0.2) is 43.0 Å². The summed E-state index contributed by atoms with van der Waals surface area (Å²) in [6.07, 6.45) is 0. The zero-order valence-corrected chi connectivity index (χ0v) is 18.0. The Labute approximate surface area is 184 Å². The lowest BCUT2D eigenvalue weighted by molar-refractivity contribution is -0.115. The molecule has 0 radical (unpaired) electrons. The highest BCUT2D eigenvalue weighted by Gasteiger charge is 2.26. The molecule has 1 atom stereocenters. The van der Waals surface area contributed by atoms with Crippen LogP contribution in [0.2, 0.25) is 0 Å². The number of ether oxygens (including phenoxy) is 1. The van der Waals surface area contributed by atoms with E-state index in [-0.39, 0.29) is 11.8 Å². The summed E-state index contributed by atoms with van der Waals surface area (Å²) >= 11 is 2.86. The zero-order valence-electron chi connectivity index (χ0n) is 16.3. The molecular formula is C23H22N2O3S2. The van der Waals surface area contributed by atoms with Gasteiger partial charge in [0.05, 0.1) is 18.8 Å². The molecule has 5 nitrogen and oxygen atoms in total. The van der Waals surface area contributed by atoms with E-state index in [1.165, 1.54) is 23.1 Å². The number of benzene rings is 2. The standard InChI is InChI=1S/C23H22N2O3S2/c26-21(20(17-7-3-1-4-8-17)30-18-9-5-2-6-10-18)24-22-19(11-16-29-22)23(27)25-12-14-28-15-13-25/h1-11,16,20H,12-15H2,(H,24,26)/t20-/m0/s1. The fourth-order valence-electron chi connectivity index (χ4n) is 3.22. The lowest BCUT2D eigenvalue weighted by Crippen LogP contribution is -2.40. The number of carbonyl (C=O) groups excluding carboxylic acids is 2. The van der Waals surface area contributed by atoms with E-state index in [2.05, 4.69) is 5.32 Å². The second-order valence-electron chi connectivity index (χ2n) is 6.78. The molecule has 154 valence electrons. The summed E-state index contributed by atoms with van der Waals surface area (Å²) in [6, 6.07) is 21.3. The summed E-state index contributed by atoms with van der Waals surface area (Å²) in [7, 11) is 0. The summed E-state index contributed by atoms with van der Waals surface area (Å²) in [5, 5.41) is 5.01. The Morgan fingerprint density at radius 3 is 2.33 bits per heavy atom. The van der Waals surface area contributed by atoms with Crippen molar-refractivity contribution in [2.75, 3.05) is 31.6 Å². The first-order chi connectivity index (χ1) is 14.7. The van der Waals surface area contributed by atoms with Gasteiger partial charge in [-0.2, -0.15) is 0 Å². The van der Waals surface area contributed by atoms with Gasteiger partial charge in [-0.05, 0) is 29.1 Å². The topological polar surface area (TPSA) is 58.6 Å². The highest BCUT2D eigenvalue weighted by Crippen LogP contribution is 2.37. The fourth-order valence-corrected chi connectivity index (χ4v) is 5.05. The van der Waals surface area contributed by atoms with Crippen molar-refractivity contribution in [3.05, 3.63) is 83.2 Å². The van der Waals surface area contributed by atoms with Crippen molar-refractivity contribution in [1.82, 2.24) is 4.90 Å². The quantitative estimate of drug-likeness (QED) is 0.567. The van der Waals surface area contributed by atoms with Crippen LogP contribution in [0.4, 0.5) is 5.00 Å². The Morgan fingerprint density at radius 1 is 0.967 bits per heavy atom. The number of anilines is 1. The molecule has 2 aromatic carbocycles. The van der Waals surface area contributed by atoms with Crippen molar-refractivity contribution in [1.29, 1.82) is 0 Å². The van der Waals surface area contributed by atoms with Crippen molar-refractivity contribution < 1.29 is 14.3 Å². The number of morpholine rings is 1. The summed E-state index contributed by atoms with van der Waals surface area (Å²) in [6.45, 7) is 2.22. The maximum Gasteiger partial charge on any atom is 0.257 e. The Morgan fingerprint density at radius 2 is 1.63 bits per heavy atom. The van der Waals surface area contributed by atoms with Gasteiger partial charge in [-0.3, -0.25) is 9.59 Å². The number of hydrogen-bond donors (Lipinski definition) is 1. The summed E-state index contributed by atoms with van der Waals surface area (Å²) in [5.74, 6) is -0.213. The van der Waals surface area contributed by atoms with Crippen LogP contribution in [0.15, 0.2) is 77.0 Å². The molecule has 1 N–H and O–H groups in total. The number of amides is 2. The van der Waals surface area contributed by atoms with E-state index in [0.29, 0.717) is 36.9 Å². The van der Waals surface area contributed by atoms with E-state index in [4.69, 9.17) is 4.74 Å². The molecule has 2 amide bonds. The number of nitrogens with zero attached hydrogens (tertiary/aromatic N) is 1. The molecule has 1 fully saturated rings. The molecule has 0 saturated carbocycles. The van der Waals surface area contributed by atoms with Gasteiger partial charge in [-0.1, -0.05) is 48.5 Å². The van der Waals surface area contributed by atoms with Crippen molar-refractivity contribution >= 4 is 39.9 Å². The molecular weight excluding hydrogens is 416 g/mol. The predicted molar refractivity (Wildman–Crippen MR) is 121 cm³/mol. The number of rotatable bonds is 6. The predicted octanol–water partition coefficient (Wildman–Crippen LogP) is 4.69. The third-order valence-corrected chi connectivity index (χ3v) is 6.86. The minimum absolute atomic E-state index is 0.0678. The SMILES string of the molecule is O=C(Nc1sccc1C(=O)N1CCOCC1)[C@@H](Sc1ccccc1)c1ccccc1. The Balaban J connectivity index is 1.54. The molecule has 0 unspecified atom stereocenters. The van der Waals surface area contributed by atoms with Gasteiger partial charge in [0, 0.05) is 18.0 Å². The average molecular weight is 439 g/mol. The Hall–Kier alpha value is -2.61. The van der Waals surface area contributed by atoms with Crippen LogP contribution < -0.4 is 5.32 Å². The fraction of sp³-hybridized carbons (Fsp3) is 0.217. The normalized spacial score (nSPS) is 14.9. The van der Waals surface area contributed by atoms with Gasteiger partial charge in [0.1, 0.15) is 10.3 Å². The van der Waals surface area contributed by atoms with E-state index in [0.717, 1.165) is 10.5 Å². The lowest BCUT2D eigenvalue weighted by atomic mass is 10.1. The minimum atomic E-state index is -0.429. The van der Waals surface area contributed by atoms with Crippen LogP contribution >= 0.6 is 23.1 Å². The van der Waals surface area contributed by atoms with Gasteiger partial charge in [-0.15, -0.1) is 23.1 Å². The second-order valence-corrected chi connectivity index (χ2v) is 8.87. The van der Waals surface area contributed by atoms with Gasteiger partial charge in [0.2, 0.25) is 5.91 Å². The molecule has 1 aliphatic heterocycles. The van der Waals surface area contributed by atoms with Gasteiger partial charge < -0.3 is 15.0 Å². The van der Waals surface area contributed by atoms with Crippen molar-refractivity contribution in [2.45, 2.75) is 10.1 Å². The second kappa shape index (κ2) is 9.93. The Bertz CT molecular complexity index is 986. The monoisotopic (exact) mass is 438 g/mol. The summed E-state index contributed by atoms with van der Waals surface area (Å²) in [5.41, 5.74) is 1.45. The molecule has 4 rings (SSSR count). The molecule has 3 aromatic rings. The first-order valence-corrected chi connectivity index (χ1v) is 11.5. The molecule has 7 heteroatoms. The number of nitrogens with one attached hydrogen (secondary N) is 1. The number of hydrogen-bond acceptors (Lipinski definition) is 5. The van der Waals surface area contributed by atoms with Gasteiger partial charge in [0.25, 0.3) is 5.91 Å². The molecule has 0 bridgehead atoms. The van der Waals surface area contributed by atoms with E-state index in [1.807, 2.05) is 66.0 Å².